The molecule has 0 amide bonds. The van der Waals surface area contributed by atoms with Crippen LogP contribution in [0.25, 0.3) is 11.5 Å². The van der Waals surface area contributed by atoms with Gasteiger partial charge in [0.1, 0.15) is 0 Å². The second-order valence-corrected chi connectivity index (χ2v) is 5.82. The fourth-order valence-electron chi connectivity index (χ4n) is 2.88. The molecule has 1 saturated heterocycles. The Morgan fingerprint density at radius 2 is 1.46 bits per heavy atom. The summed E-state index contributed by atoms with van der Waals surface area (Å²) in [6, 6.07) is 18.5. The van der Waals surface area contributed by atoms with Crippen LogP contribution >= 0.6 is 0 Å². The molecule has 0 aliphatic carbocycles. The first kappa shape index (κ1) is 14.6. The van der Waals surface area contributed by atoms with Gasteiger partial charge >= 0.3 is 6.01 Å². The highest BCUT2D eigenvalue weighted by atomic mass is 16.4. The number of anilines is 3. The molecule has 1 aliphatic rings. The van der Waals surface area contributed by atoms with E-state index in [-0.39, 0.29) is 0 Å². The number of benzene rings is 2. The lowest BCUT2D eigenvalue weighted by molar-refractivity contribution is 0.524. The zero-order valence-corrected chi connectivity index (χ0v) is 13.3. The molecule has 122 valence electrons. The van der Waals surface area contributed by atoms with Crippen LogP contribution in [0.15, 0.2) is 59.0 Å². The van der Waals surface area contributed by atoms with Crippen LogP contribution in [-0.2, 0) is 0 Å². The van der Waals surface area contributed by atoms with Crippen molar-refractivity contribution >= 4 is 17.4 Å². The predicted octanol–water partition coefficient (Wildman–Crippen LogP) is 2.65. The van der Waals surface area contributed by atoms with E-state index in [1.807, 2.05) is 30.3 Å². The predicted molar refractivity (Wildman–Crippen MR) is 95.0 cm³/mol. The van der Waals surface area contributed by atoms with E-state index in [2.05, 4.69) is 44.3 Å². The van der Waals surface area contributed by atoms with E-state index in [4.69, 9.17) is 10.2 Å². The SMILES string of the molecule is Nc1ccc(-c2nnc(N3CCN(c4ccccc4)CC3)o2)cc1. The van der Waals surface area contributed by atoms with E-state index in [1.54, 1.807) is 0 Å². The molecule has 0 radical (unpaired) electrons. The molecule has 0 spiro atoms. The van der Waals surface area contributed by atoms with E-state index in [9.17, 15) is 0 Å². The molecular formula is C18H19N5O. The van der Waals surface area contributed by atoms with E-state index in [0.29, 0.717) is 11.9 Å². The van der Waals surface area contributed by atoms with Crippen LogP contribution in [0.3, 0.4) is 0 Å². The van der Waals surface area contributed by atoms with Gasteiger partial charge in [-0.1, -0.05) is 23.3 Å². The van der Waals surface area contributed by atoms with E-state index in [0.717, 1.165) is 37.4 Å². The van der Waals surface area contributed by atoms with Crippen LogP contribution in [0, 0.1) is 0 Å². The van der Waals surface area contributed by atoms with Gasteiger partial charge in [0.2, 0.25) is 5.89 Å². The fraction of sp³-hybridized carbons (Fsp3) is 0.222. The Hall–Kier alpha value is -3.02. The number of hydrogen-bond acceptors (Lipinski definition) is 6. The van der Waals surface area contributed by atoms with Gasteiger partial charge in [-0.25, -0.2) is 0 Å². The van der Waals surface area contributed by atoms with Gasteiger partial charge in [-0.15, -0.1) is 5.10 Å². The van der Waals surface area contributed by atoms with Crippen molar-refractivity contribution in [1.82, 2.24) is 10.2 Å². The minimum absolute atomic E-state index is 0.524. The van der Waals surface area contributed by atoms with Crippen LogP contribution in [0.2, 0.25) is 0 Å². The number of para-hydroxylation sites is 1. The van der Waals surface area contributed by atoms with Crippen molar-refractivity contribution in [2.75, 3.05) is 41.7 Å². The first-order chi connectivity index (χ1) is 11.8. The average Bonchev–Trinajstić information content (AvgIpc) is 3.13. The zero-order valence-electron chi connectivity index (χ0n) is 13.3. The van der Waals surface area contributed by atoms with Crippen LogP contribution in [-0.4, -0.2) is 36.4 Å². The minimum atomic E-state index is 0.524. The van der Waals surface area contributed by atoms with E-state index >= 15 is 0 Å². The van der Waals surface area contributed by atoms with Crippen LogP contribution in [0.5, 0.6) is 0 Å². The highest BCUT2D eigenvalue weighted by molar-refractivity contribution is 5.57. The first-order valence-corrected chi connectivity index (χ1v) is 8.04. The Morgan fingerprint density at radius 1 is 0.792 bits per heavy atom. The number of rotatable bonds is 3. The van der Waals surface area contributed by atoms with Crippen molar-refractivity contribution in [3.8, 4) is 11.5 Å². The lowest BCUT2D eigenvalue weighted by Crippen LogP contribution is -2.46. The maximum absolute atomic E-state index is 5.83. The first-order valence-electron chi connectivity index (χ1n) is 8.04. The summed E-state index contributed by atoms with van der Waals surface area (Å²) in [5, 5.41) is 8.35. The molecule has 4 rings (SSSR count). The second kappa shape index (κ2) is 6.23. The molecule has 2 aromatic carbocycles. The van der Waals surface area contributed by atoms with Gasteiger partial charge in [-0.05, 0) is 36.4 Å². The minimum Gasteiger partial charge on any atom is -0.403 e. The van der Waals surface area contributed by atoms with Crippen LogP contribution < -0.4 is 15.5 Å². The summed E-state index contributed by atoms with van der Waals surface area (Å²) in [6.45, 7) is 3.59. The molecule has 0 atom stereocenters. The molecule has 6 nitrogen and oxygen atoms in total. The molecule has 0 unspecified atom stereocenters. The Kier molecular flexibility index (Phi) is 3.78. The topological polar surface area (TPSA) is 71.4 Å². The van der Waals surface area contributed by atoms with Crippen molar-refractivity contribution in [2.45, 2.75) is 0 Å². The maximum atomic E-state index is 5.83. The molecule has 1 fully saturated rings. The summed E-state index contributed by atoms with van der Waals surface area (Å²) in [6.07, 6.45) is 0. The summed E-state index contributed by atoms with van der Waals surface area (Å²) < 4.78 is 5.83. The molecule has 6 heteroatoms. The molecule has 24 heavy (non-hydrogen) atoms. The van der Waals surface area contributed by atoms with E-state index < -0.39 is 0 Å². The molecular weight excluding hydrogens is 302 g/mol. The van der Waals surface area contributed by atoms with Gasteiger partial charge in [0.15, 0.2) is 0 Å². The second-order valence-electron chi connectivity index (χ2n) is 5.82. The summed E-state index contributed by atoms with van der Waals surface area (Å²) in [5.74, 6) is 0.524. The van der Waals surface area contributed by atoms with Gasteiger partial charge in [-0.2, -0.15) is 0 Å². The Labute approximate surface area is 140 Å². The number of aromatic nitrogens is 2. The molecule has 1 aliphatic heterocycles. The highest BCUT2D eigenvalue weighted by Gasteiger charge is 2.21. The Morgan fingerprint density at radius 3 is 2.17 bits per heavy atom. The van der Waals surface area contributed by atoms with Crippen molar-refractivity contribution in [3.63, 3.8) is 0 Å². The summed E-state index contributed by atoms with van der Waals surface area (Å²) in [7, 11) is 0. The average molecular weight is 321 g/mol. The Bertz CT molecular complexity index is 792. The third kappa shape index (κ3) is 2.90. The summed E-state index contributed by atoms with van der Waals surface area (Å²) in [4.78, 5) is 4.50. The zero-order chi connectivity index (χ0) is 16.4. The quantitative estimate of drug-likeness (QED) is 0.748. The van der Waals surface area contributed by atoms with Gasteiger partial charge < -0.3 is 20.0 Å². The summed E-state index contributed by atoms with van der Waals surface area (Å²) in [5.41, 5.74) is 8.56. The monoisotopic (exact) mass is 321 g/mol. The molecule has 2 N–H and O–H groups in total. The van der Waals surface area contributed by atoms with Crippen LogP contribution in [0.1, 0.15) is 0 Å². The van der Waals surface area contributed by atoms with E-state index in [1.165, 1.54) is 5.69 Å². The van der Waals surface area contributed by atoms with Gasteiger partial charge in [0.05, 0.1) is 0 Å². The smallest absolute Gasteiger partial charge is 0.318 e. The van der Waals surface area contributed by atoms with Crippen molar-refractivity contribution < 1.29 is 4.42 Å². The third-order valence-corrected chi connectivity index (χ3v) is 4.24. The lowest BCUT2D eigenvalue weighted by atomic mass is 10.2. The van der Waals surface area contributed by atoms with Crippen LogP contribution in [0.4, 0.5) is 17.4 Å². The van der Waals surface area contributed by atoms with Gasteiger partial charge in [-0.3, -0.25) is 0 Å². The molecule has 2 heterocycles. The molecule has 1 aromatic heterocycles. The number of hydrogen-bond donors (Lipinski definition) is 1. The summed E-state index contributed by atoms with van der Waals surface area (Å²) >= 11 is 0. The molecule has 3 aromatic rings. The molecule has 0 saturated carbocycles. The van der Waals surface area contributed by atoms with Gasteiger partial charge in [0.25, 0.3) is 0 Å². The van der Waals surface area contributed by atoms with Crippen molar-refractivity contribution in [1.29, 1.82) is 0 Å². The Balaban J connectivity index is 1.44. The van der Waals surface area contributed by atoms with Gasteiger partial charge in [0, 0.05) is 43.1 Å². The number of nitrogen functional groups attached to an aromatic ring is 1. The maximum Gasteiger partial charge on any atom is 0.318 e. The molecule has 0 bridgehead atoms. The largest absolute Gasteiger partial charge is 0.403 e. The number of nitrogens with two attached hydrogens (primary N) is 1. The lowest BCUT2D eigenvalue weighted by Gasteiger charge is -2.35. The third-order valence-electron chi connectivity index (χ3n) is 4.24. The normalized spacial score (nSPS) is 14.8. The van der Waals surface area contributed by atoms with Crippen molar-refractivity contribution in [2.24, 2.45) is 0 Å². The number of piperazine rings is 1. The number of nitrogens with zero attached hydrogens (tertiary/aromatic N) is 4. The fourth-order valence-corrected chi connectivity index (χ4v) is 2.88. The standard InChI is InChI=1S/C18H19N5O/c19-15-8-6-14(7-9-15)17-20-21-18(24-17)23-12-10-22(11-13-23)16-4-2-1-3-5-16/h1-9H,10-13,19H2. The van der Waals surface area contributed by atoms with Crippen molar-refractivity contribution in [3.05, 3.63) is 54.6 Å². The highest BCUT2D eigenvalue weighted by Crippen LogP contribution is 2.24.